The van der Waals surface area contributed by atoms with Gasteiger partial charge >= 0.3 is 0 Å². The maximum atomic E-state index is 11.0. The molecule has 1 N–H and O–H groups in total. The van der Waals surface area contributed by atoms with Gasteiger partial charge in [0.1, 0.15) is 5.94 Å². The first-order valence-electron chi connectivity index (χ1n) is 3.90. The van der Waals surface area contributed by atoms with Crippen LogP contribution < -0.4 is 0 Å². The minimum absolute atomic E-state index is 0.0921. The topological polar surface area (TPSA) is 54.4 Å². The van der Waals surface area contributed by atoms with E-state index in [0.29, 0.717) is 5.56 Å². The third-order valence-corrected chi connectivity index (χ3v) is 2.83. The quantitative estimate of drug-likeness (QED) is 0.787. The Morgan fingerprint density at radius 3 is 2.62 bits per heavy atom. The van der Waals surface area contributed by atoms with Crippen LogP contribution >= 0.6 is 0 Å². The number of benzene rings is 1. The molecular weight excluding hydrogens is 188 g/mol. The predicted molar refractivity (Wildman–Crippen MR) is 50.9 cm³/mol. The third kappa shape index (κ3) is 3.16. The van der Waals surface area contributed by atoms with Crippen LogP contribution in [0.5, 0.6) is 0 Å². The van der Waals surface area contributed by atoms with E-state index in [0.717, 1.165) is 5.56 Å². The maximum absolute atomic E-state index is 11.0. The van der Waals surface area contributed by atoms with Crippen LogP contribution in [0.1, 0.15) is 11.1 Å². The Labute approximate surface area is 77.9 Å². The Balaban J connectivity index is 2.87. The van der Waals surface area contributed by atoms with Gasteiger partial charge in [-0.3, -0.25) is 0 Å². The minimum Gasteiger partial charge on any atom is -0.380 e. The van der Waals surface area contributed by atoms with Gasteiger partial charge < -0.3 is 5.11 Å². The maximum Gasteiger partial charge on any atom is 0.178 e. The fourth-order valence-electron chi connectivity index (χ4n) is 1.10. The molecule has 1 aromatic rings. The van der Waals surface area contributed by atoms with Crippen molar-refractivity contribution in [3.63, 3.8) is 0 Å². The molecule has 0 aromatic heterocycles. The fraction of sp³-hybridized carbons (Fsp3) is 0.333. The molecule has 0 bridgehead atoms. The first kappa shape index (κ1) is 10.2. The van der Waals surface area contributed by atoms with Gasteiger partial charge in [-0.25, -0.2) is 8.42 Å². The van der Waals surface area contributed by atoms with Crippen molar-refractivity contribution in [1.29, 1.82) is 0 Å². The average molecular weight is 200 g/mol. The van der Waals surface area contributed by atoms with Crippen molar-refractivity contribution in [3.05, 3.63) is 35.4 Å². The summed E-state index contributed by atoms with van der Waals surface area (Å²) < 4.78 is 22.1. The second-order valence-electron chi connectivity index (χ2n) is 3.01. The lowest BCUT2D eigenvalue weighted by molar-refractivity contribution is 0.358. The lowest BCUT2D eigenvalue weighted by atomic mass is 10.2. The van der Waals surface area contributed by atoms with Crippen LogP contribution in [0.3, 0.4) is 0 Å². The summed E-state index contributed by atoms with van der Waals surface area (Å²) in [7, 11) is -3.33. The van der Waals surface area contributed by atoms with Crippen LogP contribution in [0, 0.1) is 6.92 Å². The zero-order chi connectivity index (χ0) is 9.90. The zero-order valence-electron chi connectivity index (χ0n) is 7.40. The number of sulfone groups is 1. The summed E-state index contributed by atoms with van der Waals surface area (Å²) in [6, 6.07) is 7.24. The van der Waals surface area contributed by atoms with Crippen LogP contribution in [-0.4, -0.2) is 19.5 Å². The summed E-state index contributed by atoms with van der Waals surface area (Å²) in [4.78, 5) is 0. The lowest BCUT2D eigenvalue weighted by Crippen LogP contribution is -2.08. The molecule has 0 amide bonds. The molecule has 0 atom stereocenters. The molecule has 4 heteroatoms. The van der Waals surface area contributed by atoms with Gasteiger partial charge in [-0.05, 0) is 12.5 Å². The molecule has 0 aliphatic carbocycles. The van der Waals surface area contributed by atoms with E-state index in [2.05, 4.69) is 0 Å². The van der Waals surface area contributed by atoms with Crippen LogP contribution in [-0.2, 0) is 15.6 Å². The Morgan fingerprint density at radius 1 is 1.38 bits per heavy atom. The van der Waals surface area contributed by atoms with Crippen LogP contribution in [0.4, 0.5) is 0 Å². The zero-order valence-corrected chi connectivity index (χ0v) is 8.21. The van der Waals surface area contributed by atoms with E-state index in [1.54, 1.807) is 18.2 Å². The van der Waals surface area contributed by atoms with E-state index < -0.39 is 15.8 Å². The molecule has 1 rings (SSSR count). The van der Waals surface area contributed by atoms with Gasteiger partial charge in [0.05, 0.1) is 5.75 Å². The highest BCUT2D eigenvalue weighted by molar-refractivity contribution is 7.90. The minimum atomic E-state index is -3.33. The van der Waals surface area contributed by atoms with Crippen molar-refractivity contribution in [2.45, 2.75) is 12.7 Å². The number of hydrogen-bond acceptors (Lipinski definition) is 3. The fourth-order valence-corrected chi connectivity index (χ4v) is 1.88. The number of aliphatic hydroxyl groups is 1. The summed E-state index contributed by atoms with van der Waals surface area (Å²) in [6.45, 7) is 1.90. The molecule has 3 nitrogen and oxygen atoms in total. The van der Waals surface area contributed by atoms with E-state index >= 15 is 0 Å². The van der Waals surface area contributed by atoms with Gasteiger partial charge in [0, 0.05) is 0 Å². The van der Waals surface area contributed by atoms with Gasteiger partial charge in [0.15, 0.2) is 9.84 Å². The molecule has 0 saturated carbocycles. The second-order valence-corrected chi connectivity index (χ2v) is 5.04. The molecule has 1 aromatic carbocycles. The molecule has 0 spiro atoms. The molecule has 0 aliphatic rings. The number of rotatable bonds is 3. The van der Waals surface area contributed by atoms with Gasteiger partial charge in [-0.1, -0.05) is 29.8 Å². The largest absolute Gasteiger partial charge is 0.380 e. The number of aryl methyl sites for hydroxylation is 1. The summed E-state index contributed by atoms with van der Waals surface area (Å²) >= 11 is 0. The van der Waals surface area contributed by atoms with Crippen LogP contribution in [0.15, 0.2) is 24.3 Å². The Kier molecular flexibility index (Phi) is 3.06. The Morgan fingerprint density at radius 2 is 2.08 bits per heavy atom. The summed E-state index contributed by atoms with van der Waals surface area (Å²) in [5.41, 5.74) is 1.74. The van der Waals surface area contributed by atoms with Crippen LogP contribution in [0.25, 0.3) is 0 Å². The van der Waals surface area contributed by atoms with E-state index in [4.69, 9.17) is 5.11 Å². The lowest BCUT2D eigenvalue weighted by Gasteiger charge is -2.01. The van der Waals surface area contributed by atoms with Crippen molar-refractivity contribution in [1.82, 2.24) is 0 Å². The van der Waals surface area contributed by atoms with E-state index in [1.165, 1.54) is 0 Å². The van der Waals surface area contributed by atoms with E-state index in [1.807, 2.05) is 13.0 Å². The molecule has 0 fully saturated rings. The average Bonchev–Trinajstić information content (AvgIpc) is 2.03. The predicted octanol–water partition coefficient (Wildman–Crippen LogP) is 0.860. The van der Waals surface area contributed by atoms with Crippen molar-refractivity contribution in [2.24, 2.45) is 0 Å². The molecule has 0 aliphatic heterocycles. The van der Waals surface area contributed by atoms with Gasteiger partial charge in [-0.2, -0.15) is 0 Å². The van der Waals surface area contributed by atoms with Crippen molar-refractivity contribution >= 4 is 9.84 Å². The number of aliphatic hydroxyl groups excluding tert-OH is 1. The summed E-state index contributed by atoms with van der Waals surface area (Å²) in [5, 5.41) is 8.54. The standard InChI is InChI=1S/C9H12O3S/c1-8-3-2-4-9(5-8)6-13(11,12)7-10/h2-5,10H,6-7H2,1H3. The monoisotopic (exact) mass is 200 g/mol. The molecule has 0 unspecified atom stereocenters. The van der Waals surface area contributed by atoms with E-state index in [-0.39, 0.29) is 5.75 Å². The Bertz CT molecular complexity index is 382. The molecule has 0 heterocycles. The highest BCUT2D eigenvalue weighted by Crippen LogP contribution is 2.08. The third-order valence-electron chi connectivity index (χ3n) is 1.67. The summed E-state index contributed by atoms with van der Waals surface area (Å²) in [6.07, 6.45) is 0. The summed E-state index contributed by atoms with van der Waals surface area (Å²) in [5.74, 6) is -0.883. The van der Waals surface area contributed by atoms with E-state index in [9.17, 15) is 8.42 Å². The van der Waals surface area contributed by atoms with Gasteiger partial charge in [0.2, 0.25) is 0 Å². The van der Waals surface area contributed by atoms with Crippen molar-refractivity contribution in [2.75, 3.05) is 5.94 Å². The number of hydrogen-bond donors (Lipinski definition) is 1. The Hall–Kier alpha value is -0.870. The highest BCUT2D eigenvalue weighted by atomic mass is 32.2. The van der Waals surface area contributed by atoms with Crippen molar-refractivity contribution < 1.29 is 13.5 Å². The molecular formula is C9H12O3S. The smallest absolute Gasteiger partial charge is 0.178 e. The van der Waals surface area contributed by atoms with Crippen LogP contribution in [0.2, 0.25) is 0 Å². The normalized spacial score (nSPS) is 11.5. The second kappa shape index (κ2) is 3.89. The first-order chi connectivity index (χ1) is 6.03. The van der Waals surface area contributed by atoms with Gasteiger partial charge in [0.25, 0.3) is 0 Å². The molecule has 0 saturated heterocycles. The van der Waals surface area contributed by atoms with Gasteiger partial charge in [-0.15, -0.1) is 0 Å². The molecule has 0 radical (unpaired) electrons. The first-order valence-corrected chi connectivity index (χ1v) is 5.72. The molecule has 72 valence electrons. The molecule has 13 heavy (non-hydrogen) atoms. The highest BCUT2D eigenvalue weighted by Gasteiger charge is 2.09. The SMILES string of the molecule is Cc1cccc(CS(=O)(=O)CO)c1. The van der Waals surface area contributed by atoms with Crippen molar-refractivity contribution in [3.8, 4) is 0 Å².